The summed E-state index contributed by atoms with van der Waals surface area (Å²) < 4.78 is 0. The molecule has 0 bridgehead atoms. The lowest BCUT2D eigenvalue weighted by Gasteiger charge is -2.12. The van der Waals surface area contributed by atoms with Gasteiger partial charge in [-0.25, -0.2) is 4.98 Å². The number of carbonyl (C=O) groups is 1. The maximum Gasteiger partial charge on any atom is 0.150 e. The van der Waals surface area contributed by atoms with Crippen molar-refractivity contribution in [2.24, 2.45) is 0 Å². The zero-order chi connectivity index (χ0) is 14.4. The quantitative estimate of drug-likeness (QED) is 0.600. The first-order valence-corrected chi connectivity index (χ1v) is 7.48. The van der Waals surface area contributed by atoms with Crippen molar-refractivity contribution in [3.63, 3.8) is 0 Å². The molecule has 0 N–H and O–H groups in total. The number of benzene rings is 1. The van der Waals surface area contributed by atoms with Gasteiger partial charge < -0.3 is 4.90 Å². The molecule has 0 amide bonds. The highest BCUT2D eigenvalue weighted by Gasteiger charge is 2.10. The van der Waals surface area contributed by atoms with E-state index >= 15 is 0 Å². The average molecular weight is 323 g/mol. The molecule has 112 valence electrons. The molecule has 0 atom stereocenters. The molecule has 0 aliphatic rings. The van der Waals surface area contributed by atoms with Crippen molar-refractivity contribution in [2.45, 2.75) is 5.03 Å². The van der Waals surface area contributed by atoms with Gasteiger partial charge in [0.1, 0.15) is 5.03 Å². The highest BCUT2D eigenvalue weighted by atomic mass is 35.5. The molecule has 21 heavy (non-hydrogen) atoms. The number of pyridine rings is 1. The first kappa shape index (κ1) is 17.7. The van der Waals surface area contributed by atoms with Crippen molar-refractivity contribution in [1.29, 1.82) is 0 Å². The van der Waals surface area contributed by atoms with E-state index in [4.69, 9.17) is 0 Å². The van der Waals surface area contributed by atoms with Crippen LogP contribution in [0.25, 0.3) is 11.1 Å². The summed E-state index contributed by atoms with van der Waals surface area (Å²) in [6, 6.07) is 11.6. The summed E-state index contributed by atoms with van der Waals surface area (Å²) in [5, 5.41) is 0.976. The Morgan fingerprint density at radius 1 is 1.14 bits per heavy atom. The summed E-state index contributed by atoms with van der Waals surface area (Å²) in [7, 11) is 4.11. The zero-order valence-electron chi connectivity index (χ0n) is 12.2. The molecule has 0 saturated carbocycles. The van der Waals surface area contributed by atoms with E-state index in [9.17, 15) is 4.79 Å². The first-order valence-electron chi connectivity index (χ1n) is 6.49. The summed E-state index contributed by atoms with van der Waals surface area (Å²) in [5.41, 5.74) is 2.68. The Morgan fingerprint density at radius 3 is 2.57 bits per heavy atom. The topological polar surface area (TPSA) is 33.2 Å². The summed E-state index contributed by atoms with van der Waals surface area (Å²) in [5.74, 6) is 0.972. The van der Waals surface area contributed by atoms with E-state index in [1.807, 2.05) is 36.4 Å². The van der Waals surface area contributed by atoms with Crippen LogP contribution in [0.2, 0.25) is 0 Å². The minimum atomic E-state index is 0. The van der Waals surface area contributed by atoms with Crippen molar-refractivity contribution in [3.8, 4) is 11.1 Å². The summed E-state index contributed by atoms with van der Waals surface area (Å²) in [4.78, 5) is 17.8. The van der Waals surface area contributed by atoms with Gasteiger partial charge in [0.15, 0.2) is 6.29 Å². The van der Waals surface area contributed by atoms with E-state index in [1.54, 1.807) is 18.0 Å². The Balaban J connectivity index is 0.00000220. The Labute approximate surface area is 136 Å². The van der Waals surface area contributed by atoms with Crippen LogP contribution < -0.4 is 0 Å². The van der Waals surface area contributed by atoms with E-state index in [0.717, 1.165) is 34.7 Å². The minimum Gasteiger partial charge on any atom is -0.309 e. The van der Waals surface area contributed by atoms with E-state index < -0.39 is 0 Å². The van der Waals surface area contributed by atoms with E-state index in [0.29, 0.717) is 5.56 Å². The first-order chi connectivity index (χ1) is 9.72. The van der Waals surface area contributed by atoms with Gasteiger partial charge in [0.2, 0.25) is 0 Å². The highest BCUT2D eigenvalue weighted by molar-refractivity contribution is 7.99. The van der Waals surface area contributed by atoms with Crippen LogP contribution in [0.4, 0.5) is 0 Å². The third kappa shape index (κ3) is 4.84. The molecule has 2 rings (SSSR count). The average Bonchev–Trinajstić information content (AvgIpc) is 2.47. The Kier molecular flexibility index (Phi) is 7.43. The van der Waals surface area contributed by atoms with Crippen LogP contribution in [0.1, 0.15) is 10.4 Å². The second-order valence-electron chi connectivity index (χ2n) is 4.71. The number of nitrogens with zero attached hydrogens (tertiary/aromatic N) is 2. The third-order valence-electron chi connectivity index (χ3n) is 2.93. The number of aldehydes is 1. The molecule has 3 nitrogen and oxygen atoms in total. The molecule has 0 saturated heterocycles. The van der Waals surface area contributed by atoms with Gasteiger partial charge in [-0.05, 0) is 25.7 Å². The fraction of sp³-hybridized carbons (Fsp3) is 0.250. The van der Waals surface area contributed by atoms with E-state index in [2.05, 4.69) is 24.0 Å². The van der Waals surface area contributed by atoms with Crippen LogP contribution >= 0.6 is 24.2 Å². The van der Waals surface area contributed by atoms with Crippen molar-refractivity contribution in [3.05, 3.63) is 48.2 Å². The van der Waals surface area contributed by atoms with E-state index in [1.165, 1.54) is 0 Å². The lowest BCUT2D eigenvalue weighted by molar-refractivity contribution is 0.112. The second-order valence-corrected chi connectivity index (χ2v) is 5.80. The lowest BCUT2D eigenvalue weighted by atomic mass is 10.0. The molecule has 0 unspecified atom stereocenters. The monoisotopic (exact) mass is 322 g/mol. The van der Waals surface area contributed by atoms with Crippen molar-refractivity contribution in [2.75, 3.05) is 26.4 Å². The lowest BCUT2D eigenvalue weighted by Crippen LogP contribution is -2.14. The van der Waals surface area contributed by atoms with Crippen molar-refractivity contribution < 1.29 is 4.79 Å². The zero-order valence-corrected chi connectivity index (χ0v) is 13.8. The fourth-order valence-corrected chi connectivity index (χ4v) is 3.00. The standard InChI is InChI=1S/C16H18N2OS.ClH/c1-18(2)10-11-20-16-15(8-5-9-17-16)14-7-4-3-6-13(14)12-19;/h3-9,12H,10-11H2,1-2H3;1H. The number of aromatic nitrogens is 1. The van der Waals surface area contributed by atoms with E-state index in [-0.39, 0.29) is 12.4 Å². The van der Waals surface area contributed by atoms with Gasteiger partial charge in [0.25, 0.3) is 0 Å². The van der Waals surface area contributed by atoms with Crippen LogP contribution in [0.5, 0.6) is 0 Å². The molecule has 0 radical (unpaired) electrons. The van der Waals surface area contributed by atoms with Crippen LogP contribution in [0, 0.1) is 0 Å². The van der Waals surface area contributed by atoms with Crippen molar-refractivity contribution >= 4 is 30.5 Å². The molecular formula is C16H19ClN2OS. The van der Waals surface area contributed by atoms with Gasteiger partial charge in [-0.2, -0.15) is 0 Å². The van der Waals surface area contributed by atoms with Gasteiger partial charge >= 0.3 is 0 Å². The molecule has 1 aromatic heterocycles. The predicted octanol–water partition coefficient (Wildman–Crippen LogP) is 3.64. The molecule has 0 spiro atoms. The van der Waals surface area contributed by atoms with Gasteiger partial charge in [-0.1, -0.05) is 30.3 Å². The number of thioether (sulfide) groups is 1. The van der Waals surface area contributed by atoms with Crippen LogP contribution in [0.15, 0.2) is 47.6 Å². The largest absolute Gasteiger partial charge is 0.309 e. The number of carbonyl (C=O) groups excluding carboxylic acids is 1. The second kappa shape index (κ2) is 8.82. The number of rotatable bonds is 6. The fourth-order valence-electron chi connectivity index (χ4n) is 1.88. The van der Waals surface area contributed by atoms with Gasteiger partial charge in [0, 0.05) is 29.6 Å². The summed E-state index contributed by atoms with van der Waals surface area (Å²) in [6.07, 6.45) is 2.70. The molecule has 0 fully saturated rings. The number of hydrogen-bond donors (Lipinski definition) is 0. The van der Waals surface area contributed by atoms with Crippen LogP contribution in [-0.4, -0.2) is 42.6 Å². The predicted molar refractivity (Wildman–Crippen MR) is 91.6 cm³/mol. The van der Waals surface area contributed by atoms with Crippen LogP contribution in [-0.2, 0) is 0 Å². The highest BCUT2D eigenvalue weighted by Crippen LogP contribution is 2.31. The summed E-state index contributed by atoms with van der Waals surface area (Å²) >= 11 is 1.72. The van der Waals surface area contributed by atoms with Gasteiger partial charge in [-0.15, -0.1) is 24.2 Å². The third-order valence-corrected chi connectivity index (χ3v) is 3.91. The SMILES string of the molecule is CN(C)CCSc1ncccc1-c1ccccc1C=O.Cl. The Hall–Kier alpha value is -1.36. The molecule has 1 aromatic carbocycles. The summed E-state index contributed by atoms with van der Waals surface area (Å²) in [6.45, 7) is 0.996. The normalized spacial score (nSPS) is 10.2. The molecule has 5 heteroatoms. The maximum absolute atomic E-state index is 11.2. The smallest absolute Gasteiger partial charge is 0.150 e. The van der Waals surface area contributed by atoms with Gasteiger partial charge in [-0.3, -0.25) is 4.79 Å². The van der Waals surface area contributed by atoms with Crippen LogP contribution in [0.3, 0.4) is 0 Å². The molecule has 0 aliphatic carbocycles. The van der Waals surface area contributed by atoms with Gasteiger partial charge in [0.05, 0.1) is 0 Å². The number of hydrogen-bond acceptors (Lipinski definition) is 4. The Bertz CT molecular complexity index is 590. The minimum absolute atomic E-state index is 0. The van der Waals surface area contributed by atoms with Crippen molar-refractivity contribution in [1.82, 2.24) is 9.88 Å². The maximum atomic E-state index is 11.2. The molecule has 2 aromatic rings. The molecule has 1 heterocycles. The molecular weight excluding hydrogens is 304 g/mol. The Morgan fingerprint density at radius 2 is 1.86 bits per heavy atom. The molecule has 0 aliphatic heterocycles. The number of halogens is 1.